The van der Waals surface area contributed by atoms with Crippen LogP contribution in [0.15, 0.2) is 79.1 Å². The number of anilines is 4. The van der Waals surface area contributed by atoms with Crippen molar-refractivity contribution in [1.82, 2.24) is 30.1 Å². The molecule has 16 heteroatoms. The van der Waals surface area contributed by atoms with Gasteiger partial charge in [-0.2, -0.15) is 5.10 Å². The molecule has 60 heavy (non-hydrogen) atoms. The van der Waals surface area contributed by atoms with E-state index < -0.39 is 11.7 Å². The molecule has 5 heterocycles. The van der Waals surface area contributed by atoms with Crippen LogP contribution in [-0.2, 0) is 16.1 Å². The van der Waals surface area contributed by atoms with Gasteiger partial charge in [0.15, 0.2) is 11.4 Å². The van der Waals surface area contributed by atoms with Crippen LogP contribution in [0, 0.1) is 5.82 Å². The van der Waals surface area contributed by atoms with Crippen LogP contribution < -0.4 is 36.2 Å². The number of nitrogens with zero attached hydrogens (tertiary/aromatic N) is 5. The van der Waals surface area contributed by atoms with Gasteiger partial charge >= 0.3 is 0 Å². The summed E-state index contributed by atoms with van der Waals surface area (Å²) in [7, 11) is 0. The fraction of sp³-hybridized carbons (Fsp3) is 0.364. The Labute approximate surface area is 347 Å². The van der Waals surface area contributed by atoms with Crippen molar-refractivity contribution in [2.75, 3.05) is 60.1 Å². The summed E-state index contributed by atoms with van der Waals surface area (Å²) in [5, 5.41) is 18.9. The fourth-order valence-corrected chi connectivity index (χ4v) is 7.77. The molecule has 8 rings (SSSR count). The van der Waals surface area contributed by atoms with E-state index in [0.29, 0.717) is 53.5 Å². The molecule has 3 aromatic carbocycles. The van der Waals surface area contributed by atoms with Gasteiger partial charge in [-0.15, -0.1) is 0 Å². The van der Waals surface area contributed by atoms with E-state index in [1.165, 1.54) is 41.0 Å². The van der Waals surface area contributed by atoms with Gasteiger partial charge in [0.2, 0.25) is 11.8 Å². The number of benzene rings is 3. The Kier molecular flexibility index (Phi) is 12.5. The second-order valence-corrected chi connectivity index (χ2v) is 15.4. The van der Waals surface area contributed by atoms with E-state index in [-0.39, 0.29) is 41.6 Å². The molecule has 5 N–H and O–H groups in total. The smallest absolute Gasteiger partial charge is 0.261 e. The Hall–Kier alpha value is -6.55. The Balaban J connectivity index is 0.752. The number of carbonyl (C=O) groups excluding carboxylic acids is 4. The SMILES string of the molecule is O=C1CCC(Nc2ccc(N3CCN(CCCCCCCCNC(=O)c4ccc5c(c4)NC(=O)c4cnn6ccc(nc46)NCc4cc(F)ccc4O5)CC3)cc2)C(=O)N1. The Bertz CT molecular complexity index is 2360. The molecule has 2 aromatic heterocycles. The van der Waals surface area contributed by atoms with Crippen LogP contribution in [0.1, 0.15) is 77.6 Å². The average molecular weight is 817 g/mol. The normalized spacial score (nSPS) is 16.9. The predicted molar refractivity (Wildman–Crippen MR) is 226 cm³/mol. The van der Waals surface area contributed by atoms with Crippen LogP contribution in [0.5, 0.6) is 11.5 Å². The average Bonchev–Trinajstić information content (AvgIpc) is 3.68. The number of aromatic nitrogens is 3. The number of amides is 4. The summed E-state index contributed by atoms with van der Waals surface area (Å²) in [5.74, 6) is -0.468. The number of hydrogen-bond donors (Lipinski definition) is 5. The number of halogens is 1. The van der Waals surface area contributed by atoms with Crippen molar-refractivity contribution in [1.29, 1.82) is 0 Å². The highest BCUT2D eigenvalue weighted by atomic mass is 19.1. The molecule has 1 unspecified atom stereocenters. The van der Waals surface area contributed by atoms with Crippen molar-refractivity contribution in [3.05, 3.63) is 102 Å². The maximum Gasteiger partial charge on any atom is 0.261 e. The minimum absolute atomic E-state index is 0.213. The third-order valence-corrected chi connectivity index (χ3v) is 11.2. The molecule has 0 radical (unpaired) electrons. The molecule has 1 atom stereocenters. The van der Waals surface area contributed by atoms with Crippen molar-refractivity contribution >= 4 is 52.2 Å². The number of unbranched alkanes of at least 4 members (excludes halogenated alkanes) is 5. The van der Waals surface area contributed by atoms with Crippen LogP contribution >= 0.6 is 0 Å². The lowest BCUT2D eigenvalue weighted by molar-refractivity contribution is -0.133. The number of ether oxygens (including phenoxy) is 1. The van der Waals surface area contributed by atoms with E-state index in [2.05, 4.69) is 58.6 Å². The zero-order valence-corrected chi connectivity index (χ0v) is 33.3. The molecule has 2 bridgehead atoms. The minimum Gasteiger partial charge on any atom is -0.455 e. The molecule has 0 aliphatic carbocycles. The van der Waals surface area contributed by atoms with Crippen molar-refractivity contribution < 1.29 is 28.3 Å². The predicted octanol–water partition coefficient (Wildman–Crippen LogP) is 5.95. The molecule has 2 saturated heterocycles. The first-order chi connectivity index (χ1) is 29.3. The number of fused-ring (bicyclic) bond motifs is 3. The van der Waals surface area contributed by atoms with E-state index in [1.54, 1.807) is 30.5 Å². The number of hydrogen-bond acceptors (Lipinski definition) is 11. The van der Waals surface area contributed by atoms with Gasteiger partial charge in [0.25, 0.3) is 11.8 Å². The molecule has 15 nitrogen and oxygen atoms in total. The highest BCUT2D eigenvalue weighted by Crippen LogP contribution is 2.34. The van der Waals surface area contributed by atoms with E-state index >= 15 is 0 Å². The van der Waals surface area contributed by atoms with Gasteiger partial charge in [-0.3, -0.25) is 29.4 Å². The molecule has 3 aliphatic heterocycles. The zero-order valence-electron chi connectivity index (χ0n) is 33.3. The van der Waals surface area contributed by atoms with E-state index in [9.17, 15) is 23.6 Å². The van der Waals surface area contributed by atoms with Crippen LogP contribution in [0.3, 0.4) is 0 Å². The van der Waals surface area contributed by atoms with Crippen molar-refractivity contribution in [2.24, 2.45) is 0 Å². The summed E-state index contributed by atoms with van der Waals surface area (Å²) in [4.78, 5) is 59.8. The lowest BCUT2D eigenvalue weighted by Gasteiger charge is -2.36. The van der Waals surface area contributed by atoms with E-state index in [0.717, 1.165) is 70.5 Å². The van der Waals surface area contributed by atoms with Gasteiger partial charge in [-0.25, -0.2) is 13.9 Å². The van der Waals surface area contributed by atoms with Crippen molar-refractivity contribution in [3.63, 3.8) is 0 Å². The topological polar surface area (TPSA) is 174 Å². The molecule has 3 aliphatic rings. The monoisotopic (exact) mass is 816 g/mol. The van der Waals surface area contributed by atoms with Crippen LogP contribution in [-0.4, -0.2) is 88.4 Å². The molecule has 0 spiro atoms. The minimum atomic E-state index is -0.472. The van der Waals surface area contributed by atoms with Gasteiger partial charge in [0.05, 0.1) is 11.9 Å². The summed E-state index contributed by atoms with van der Waals surface area (Å²) >= 11 is 0. The lowest BCUT2D eigenvalue weighted by Crippen LogP contribution is -2.47. The van der Waals surface area contributed by atoms with Gasteiger partial charge in [-0.05, 0) is 92.5 Å². The Morgan fingerprint density at radius 2 is 1.65 bits per heavy atom. The Morgan fingerprint density at radius 1 is 0.867 bits per heavy atom. The highest BCUT2D eigenvalue weighted by Gasteiger charge is 2.27. The van der Waals surface area contributed by atoms with E-state index in [4.69, 9.17) is 4.74 Å². The molecule has 4 amide bonds. The molecule has 0 saturated carbocycles. The van der Waals surface area contributed by atoms with Crippen LogP contribution in [0.2, 0.25) is 0 Å². The second-order valence-electron chi connectivity index (χ2n) is 15.4. The first kappa shape index (κ1) is 40.2. The van der Waals surface area contributed by atoms with E-state index in [1.807, 2.05) is 12.1 Å². The standard InChI is InChI=1S/C44H49FN10O5/c45-31-8-15-37-30(25-31)27-47-39-17-20-55-41(51-39)34(28-48-55)43(58)50-36-26-29(7-14-38(36)60-37)42(57)46-18-5-3-1-2-4-6-19-53-21-23-54(24-22-53)33-11-9-32(10-12-33)49-35-13-16-40(56)52-44(35)59/h7-12,14-15,17,20,25-26,28,35,49H,1-6,13,16,18-19,21-24,27H2,(H,46,57)(H,47,51)(H,50,58)(H,52,56,59). The van der Waals surface area contributed by atoms with Crippen molar-refractivity contribution in [3.8, 4) is 11.5 Å². The second kappa shape index (κ2) is 18.6. The van der Waals surface area contributed by atoms with Crippen LogP contribution in [0.25, 0.3) is 5.65 Å². The highest BCUT2D eigenvalue weighted by molar-refractivity contribution is 6.09. The quantitative estimate of drug-likeness (QED) is 0.0702. The first-order valence-electron chi connectivity index (χ1n) is 20.7. The van der Waals surface area contributed by atoms with Gasteiger partial charge in [0, 0.05) is 74.4 Å². The third kappa shape index (κ3) is 9.82. The first-order valence-corrected chi connectivity index (χ1v) is 20.7. The summed E-state index contributed by atoms with van der Waals surface area (Å²) < 4.78 is 22.0. The van der Waals surface area contributed by atoms with Gasteiger partial charge in [-0.1, -0.05) is 25.7 Å². The van der Waals surface area contributed by atoms with Gasteiger partial charge < -0.3 is 30.9 Å². The summed E-state index contributed by atoms with van der Waals surface area (Å²) in [6, 6.07) is 18.6. The van der Waals surface area contributed by atoms with Crippen molar-refractivity contribution in [2.45, 2.75) is 64.0 Å². The number of rotatable bonds is 13. The maximum atomic E-state index is 14.3. The molecule has 2 fully saturated rings. The van der Waals surface area contributed by atoms with Crippen LogP contribution in [0.4, 0.5) is 27.3 Å². The number of imide groups is 1. The van der Waals surface area contributed by atoms with Gasteiger partial charge in [0.1, 0.15) is 29.0 Å². The number of piperazine rings is 1. The molecule has 5 aromatic rings. The number of piperidine rings is 1. The molecular formula is C44H49FN10O5. The number of carbonyl (C=O) groups is 4. The number of nitrogens with one attached hydrogen (secondary N) is 5. The summed E-state index contributed by atoms with van der Waals surface area (Å²) in [6.07, 6.45) is 10.4. The fourth-order valence-electron chi connectivity index (χ4n) is 7.77. The molecule has 312 valence electrons. The largest absolute Gasteiger partial charge is 0.455 e. The zero-order chi connectivity index (χ0) is 41.4. The maximum absolute atomic E-state index is 14.3. The summed E-state index contributed by atoms with van der Waals surface area (Å²) in [6.45, 7) is 5.81. The third-order valence-electron chi connectivity index (χ3n) is 11.2. The Morgan fingerprint density at radius 3 is 2.47 bits per heavy atom. The lowest BCUT2D eigenvalue weighted by atomic mass is 10.1. The summed E-state index contributed by atoms with van der Waals surface area (Å²) in [5.41, 5.74) is 3.81. The molecular weight excluding hydrogens is 768 g/mol.